The number of alkyl halides is 3. The lowest BCUT2D eigenvalue weighted by Crippen LogP contribution is -2.46. The van der Waals surface area contributed by atoms with Crippen molar-refractivity contribution in [2.75, 3.05) is 7.11 Å². The predicted molar refractivity (Wildman–Crippen MR) is 57.1 cm³/mol. The Labute approximate surface area is 102 Å². The molecule has 1 aliphatic rings. The van der Waals surface area contributed by atoms with E-state index in [2.05, 4.69) is 4.74 Å². The zero-order valence-electron chi connectivity index (χ0n) is 9.70. The topological polar surface area (TPSA) is 38.7 Å². The van der Waals surface area contributed by atoms with Gasteiger partial charge in [0.2, 0.25) is 0 Å². The van der Waals surface area contributed by atoms with E-state index in [1.807, 2.05) is 0 Å². The molecule has 0 atom stereocenters. The summed E-state index contributed by atoms with van der Waals surface area (Å²) in [7, 11) is 1.52. The molecule has 0 amide bonds. The first-order valence-electron chi connectivity index (χ1n) is 5.44. The molecule has 100 valence electrons. The Hall–Kier alpha value is -1.27. The Kier molecular flexibility index (Phi) is 3.25. The lowest BCUT2D eigenvalue weighted by atomic mass is 9.72. The number of aliphatic hydroxyl groups excluding tert-OH is 1. The third-order valence-electron chi connectivity index (χ3n) is 3.14. The van der Waals surface area contributed by atoms with Crippen LogP contribution in [0.5, 0.6) is 5.75 Å². The molecular formula is C12H13F3O3. The SMILES string of the molecule is COC1(c2ccc(OC(F)(F)F)cc2)CC(O)C1. The predicted octanol–water partition coefficient (Wildman–Crippen LogP) is 2.58. The summed E-state index contributed by atoms with van der Waals surface area (Å²) in [4.78, 5) is 0. The number of hydrogen-bond donors (Lipinski definition) is 1. The number of rotatable bonds is 3. The number of aliphatic hydroxyl groups is 1. The number of ether oxygens (including phenoxy) is 2. The lowest BCUT2D eigenvalue weighted by molar-refractivity contribution is -0.274. The summed E-state index contributed by atoms with van der Waals surface area (Å²) in [6.45, 7) is 0. The van der Waals surface area contributed by atoms with Crippen molar-refractivity contribution in [1.82, 2.24) is 0 Å². The molecular weight excluding hydrogens is 249 g/mol. The maximum atomic E-state index is 12.0. The lowest BCUT2D eigenvalue weighted by Gasteiger charge is -2.44. The highest BCUT2D eigenvalue weighted by Gasteiger charge is 2.45. The zero-order chi connectivity index (χ0) is 13.4. The molecule has 6 heteroatoms. The van der Waals surface area contributed by atoms with Gasteiger partial charge in [-0.2, -0.15) is 0 Å². The van der Waals surface area contributed by atoms with Crippen LogP contribution in [0.3, 0.4) is 0 Å². The molecule has 0 saturated heterocycles. The van der Waals surface area contributed by atoms with Crippen LogP contribution >= 0.6 is 0 Å². The number of benzene rings is 1. The molecule has 0 spiro atoms. The molecule has 0 bridgehead atoms. The van der Waals surface area contributed by atoms with Crippen molar-refractivity contribution >= 4 is 0 Å². The molecule has 18 heavy (non-hydrogen) atoms. The molecule has 1 fully saturated rings. The van der Waals surface area contributed by atoms with E-state index in [1.54, 1.807) is 0 Å². The Morgan fingerprint density at radius 3 is 2.17 bits per heavy atom. The largest absolute Gasteiger partial charge is 0.573 e. The van der Waals surface area contributed by atoms with Crippen LogP contribution < -0.4 is 4.74 Å². The van der Waals surface area contributed by atoms with Crippen molar-refractivity contribution in [3.05, 3.63) is 29.8 Å². The standard InChI is InChI=1S/C12H13F3O3/c1-17-11(6-9(16)7-11)8-2-4-10(5-3-8)18-12(13,14)15/h2-5,9,16H,6-7H2,1H3. The fourth-order valence-electron chi connectivity index (χ4n) is 2.18. The van der Waals surface area contributed by atoms with Gasteiger partial charge in [0.25, 0.3) is 0 Å². The number of hydrogen-bond acceptors (Lipinski definition) is 3. The quantitative estimate of drug-likeness (QED) is 0.910. The summed E-state index contributed by atoms with van der Waals surface area (Å²) in [5.74, 6) is -0.266. The molecule has 0 aromatic heterocycles. The fourth-order valence-corrected chi connectivity index (χ4v) is 2.18. The molecule has 0 heterocycles. The summed E-state index contributed by atoms with van der Waals surface area (Å²) in [6.07, 6.45) is -4.21. The third-order valence-corrected chi connectivity index (χ3v) is 3.14. The average Bonchev–Trinajstić information content (AvgIpc) is 2.23. The van der Waals surface area contributed by atoms with Crippen molar-refractivity contribution in [1.29, 1.82) is 0 Å². The van der Waals surface area contributed by atoms with Gasteiger partial charge in [0.15, 0.2) is 0 Å². The zero-order valence-corrected chi connectivity index (χ0v) is 9.70. The van der Waals surface area contributed by atoms with Gasteiger partial charge in [-0.3, -0.25) is 0 Å². The fraction of sp³-hybridized carbons (Fsp3) is 0.500. The maximum Gasteiger partial charge on any atom is 0.573 e. The first-order chi connectivity index (χ1) is 8.35. The Bertz CT molecular complexity index is 408. The molecule has 1 aliphatic carbocycles. The molecule has 0 unspecified atom stereocenters. The van der Waals surface area contributed by atoms with Crippen LogP contribution in [0.2, 0.25) is 0 Å². The van der Waals surface area contributed by atoms with Crippen LogP contribution in [0, 0.1) is 0 Å². The molecule has 0 aliphatic heterocycles. The van der Waals surface area contributed by atoms with Crippen LogP contribution in [0.4, 0.5) is 13.2 Å². The second-order valence-electron chi connectivity index (χ2n) is 4.33. The second kappa shape index (κ2) is 4.44. The van der Waals surface area contributed by atoms with E-state index >= 15 is 0 Å². The van der Waals surface area contributed by atoms with Gasteiger partial charge in [0.05, 0.1) is 11.7 Å². The molecule has 1 aromatic carbocycles. The Morgan fingerprint density at radius 1 is 1.22 bits per heavy atom. The summed E-state index contributed by atoms with van der Waals surface area (Å²) >= 11 is 0. The summed E-state index contributed by atoms with van der Waals surface area (Å²) in [5.41, 5.74) is 0.153. The van der Waals surface area contributed by atoms with E-state index in [1.165, 1.54) is 31.4 Å². The highest BCUT2D eigenvalue weighted by atomic mass is 19.4. The van der Waals surface area contributed by atoms with Gasteiger partial charge in [0, 0.05) is 20.0 Å². The Balaban J connectivity index is 2.12. The maximum absolute atomic E-state index is 12.0. The highest BCUT2D eigenvalue weighted by Crippen LogP contribution is 2.44. The smallest absolute Gasteiger partial charge is 0.406 e. The molecule has 1 aromatic rings. The van der Waals surface area contributed by atoms with E-state index in [4.69, 9.17) is 4.74 Å². The van der Waals surface area contributed by atoms with Gasteiger partial charge in [-0.1, -0.05) is 12.1 Å². The van der Waals surface area contributed by atoms with Crippen LogP contribution in [0.15, 0.2) is 24.3 Å². The van der Waals surface area contributed by atoms with Crippen molar-refractivity contribution in [2.45, 2.75) is 30.9 Å². The van der Waals surface area contributed by atoms with E-state index in [9.17, 15) is 18.3 Å². The third kappa shape index (κ3) is 2.59. The van der Waals surface area contributed by atoms with Crippen LogP contribution in [0.1, 0.15) is 18.4 Å². The minimum Gasteiger partial charge on any atom is -0.406 e. The number of halogens is 3. The van der Waals surface area contributed by atoms with Crippen molar-refractivity contribution < 1.29 is 27.8 Å². The first-order valence-corrected chi connectivity index (χ1v) is 5.44. The first kappa shape index (κ1) is 13.2. The van der Waals surface area contributed by atoms with Crippen molar-refractivity contribution in [3.8, 4) is 5.75 Å². The summed E-state index contributed by atoms with van der Waals surface area (Å²) < 4.78 is 45.1. The molecule has 3 nitrogen and oxygen atoms in total. The van der Waals surface area contributed by atoms with E-state index in [-0.39, 0.29) is 5.75 Å². The normalized spacial score (nSPS) is 27.7. The van der Waals surface area contributed by atoms with Gasteiger partial charge in [-0.05, 0) is 17.7 Å². The molecule has 1 saturated carbocycles. The minimum atomic E-state index is -4.69. The van der Waals surface area contributed by atoms with E-state index < -0.39 is 18.1 Å². The summed E-state index contributed by atoms with van der Waals surface area (Å²) in [5, 5.41) is 9.33. The van der Waals surface area contributed by atoms with E-state index in [0.717, 1.165) is 5.56 Å². The van der Waals surface area contributed by atoms with Gasteiger partial charge in [0.1, 0.15) is 5.75 Å². The number of methoxy groups -OCH3 is 1. The highest BCUT2D eigenvalue weighted by molar-refractivity contribution is 5.33. The average molecular weight is 262 g/mol. The monoisotopic (exact) mass is 262 g/mol. The molecule has 0 radical (unpaired) electrons. The molecule has 1 N–H and O–H groups in total. The molecule has 2 rings (SSSR count). The second-order valence-corrected chi connectivity index (χ2v) is 4.33. The summed E-state index contributed by atoms with van der Waals surface area (Å²) in [6, 6.07) is 5.54. The van der Waals surface area contributed by atoms with Gasteiger partial charge in [-0.15, -0.1) is 13.2 Å². The Morgan fingerprint density at radius 2 is 1.78 bits per heavy atom. The van der Waals surface area contributed by atoms with Gasteiger partial charge >= 0.3 is 6.36 Å². The van der Waals surface area contributed by atoms with Crippen LogP contribution in [-0.4, -0.2) is 24.7 Å². The van der Waals surface area contributed by atoms with Gasteiger partial charge in [-0.25, -0.2) is 0 Å². The van der Waals surface area contributed by atoms with Crippen LogP contribution in [-0.2, 0) is 10.3 Å². The van der Waals surface area contributed by atoms with Crippen molar-refractivity contribution in [2.24, 2.45) is 0 Å². The van der Waals surface area contributed by atoms with Gasteiger partial charge < -0.3 is 14.6 Å². The van der Waals surface area contributed by atoms with Crippen molar-refractivity contribution in [3.63, 3.8) is 0 Å². The minimum absolute atomic E-state index is 0.266. The van der Waals surface area contributed by atoms with Crippen LogP contribution in [0.25, 0.3) is 0 Å². The van der Waals surface area contributed by atoms with E-state index in [0.29, 0.717) is 12.8 Å².